The summed E-state index contributed by atoms with van der Waals surface area (Å²) >= 11 is 0. The van der Waals surface area contributed by atoms with Gasteiger partial charge in [0, 0.05) is 17.6 Å². The topological polar surface area (TPSA) is 105 Å². The highest BCUT2D eigenvalue weighted by atomic mass is 32.2. The Morgan fingerprint density at radius 1 is 0.815 bits per heavy atom. The van der Waals surface area contributed by atoms with Crippen molar-refractivity contribution in [2.45, 2.75) is 4.90 Å². The second kappa shape index (κ2) is 7.46. The van der Waals surface area contributed by atoms with Gasteiger partial charge in [-0.3, -0.25) is 9.59 Å². The maximum atomic E-state index is 12.4. The predicted octanol–water partition coefficient (Wildman–Crippen LogP) is 3.19. The Morgan fingerprint density at radius 2 is 1.41 bits per heavy atom. The summed E-state index contributed by atoms with van der Waals surface area (Å²) in [6, 6.07) is 15.6. The Bertz CT molecular complexity index is 1070. The van der Waals surface area contributed by atoms with Gasteiger partial charge in [0.15, 0.2) is 15.6 Å². The number of carbonyl (C=O) groups excluding carboxylic acids is 2. The molecule has 0 aliphatic heterocycles. The number of benzene rings is 2. The van der Waals surface area contributed by atoms with Crippen molar-refractivity contribution in [3.8, 4) is 0 Å². The van der Waals surface area contributed by atoms with Crippen molar-refractivity contribution in [3.63, 3.8) is 0 Å². The van der Waals surface area contributed by atoms with Gasteiger partial charge in [-0.1, -0.05) is 12.1 Å². The van der Waals surface area contributed by atoms with Gasteiger partial charge in [-0.2, -0.15) is 0 Å². The molecule has 2 N–H and O–H groups in total. The number of rotatable bonds is 5. The first-order valence-corrected chi connectivity index (χ1v) is 9.79. The van der Waals surface area contributed by atoms with Gasteiger partial charge < -0.3 is 15.1 Å². The Morgan fingerprint density at radius 3 is 1.96 bits per heavy atom. The Balaban J connectivity index is 1.72. The second-order valence-corrected chi connectivity index (χ2v) is 7.72. The minimum absolute atomic E-state index is 0.0372. The Kier molecular flexibility index (Phi) is 5.09. The van der Waals surface area contributed by atoms with E-state index >= 15 is 0 Å². The lowest BCUT2D eigenvalue weighted by atomic mass is 10.2. The molecule has 3 aromatic rings. The molecule has 0 unspecified atom stereocenters. The van der Waals surface area contributed by atoms with Gasteiger partial charge in [0.25, 0.3) is 11.8 Å². The molecule has 0 saturated heterocycles. The summed E-state index contributed by atoms with van der Waals surface area (Å²) in [7, 11) is -3.53. The fourth-order valence-corrected chi connectivity index (χ4v) is 3.30. The number of hydrogen-bond donors (Lipinski definition) is 2. The molecule has 1 aromatic heterocycles. The van der Waals surface area contributed by atoms with E-state index in [1.807, 2.05) is 0 Å². The highest BCUT2D eigenvalue weighted by molar-refractivity contribution is 7.90. The first kappa shape index (κ1) is 18.4. The summed E-state index contributed by atoms with van der Waals surface area (Å²) in [5.74, 6) is -0.743. The molecule has 2 aromatic carbocycles. The summed E-state index contributed by atoms with van der Waals surface area (Å²) in [6.45, 7) is 0. The van der Waals surface area contributed by atoms with E-state index < -0.39 is 15.7 Å². The van der Waals surface area contributed by atoms with Crippen molar-refractivity contribution < 1.29 is 22.4 Å². The molecule has 0 saturated carbocycles. The van der Waals surface area contributed by atoms with E-state index in [4.69, 9.17) is 4.42 Å². The molecule has 138 valence electrons. The molecule has 7 nitrogen and oxygen atoms in total. The summed E-state index contributed by atoms with van der Waals surface area (Å²) in [6.07, 6.45) is 2.46. The zero-order valence-electron chi connectivity index (χ0n) is 14.3. The van der Waals surface area contributed by atoms with E-state index in [1.54, 1.807) is 48.5 Å². The summed E-state index contributed by atoms with van der Waals surface area (Å²) in [5, 5.41) is 5.31. The third-order valence-corrected chi connectivity index (χ3v) is 4.83. The Labute approximate surface area is 155 Å². The molecule has 0 radical (unpaired) electrons. The Hall–Kier alpha value is -3.39. The van der Waals surface area contributed by atoms with Crippen LogP contribution in [0.15, 0.2) is 76.2 Å². The molecule has 3 rings (SSSR count). The summed E-state index contributed by atoms with van der Waals surface area (Å²) in [5.41, 5.74) is 1.04. The molecule has 0 atom stereocenters. The fourth-order valence-electron chi connectivity index (χ4n) is 2.41. The van der Waals surface area contributed by atoms with Crippen molar-refractivity contribution >= 4 is 33.0 Å². The fraction of sp³-hybridized carbons (Fsp3) is 0.0526. The lowest BCUT2D eigenvalue weighted by Crippen LogP contribution is -2.16. The van der Waals surface area contributed by atoms with Gasteiger partial charge in [-0.05, 0) is 48.5 Å². The van der Waals surface area contributed by atoms with Gasteiger partial charge in [0.05, 0.1) is 16.7 Å². The molecule has 2 amide bonds. The van der Waals surface area contributed by atoms with Crippen LogP contribution in [-0.2, 0) is 9.84 Å². The van der Waals surface area contributed by atoms with Crippen LogP contribution >= 0.6 is 0 Å². The molecular formula is C19H16N2O5S. The second-order valence-electron chi connectivity index (χ2n) is 5.73. The lowest BCUT2D eigenvalue weighted by Gasteiger charge is -2.10. The molecule has 8 heteroatoms. The van der Waals surface area contributed by atoms with Crippen LogP contribution in [0.4, 0.5) is 11.4 Å². The molecule has 0 spiro atoms. The molecule has 27 heavy (non-hydrogen) atoms. The molecule has 0 bridgehead atoms. The number of sulfone groups is 1. The van der Waals surface area contributed by atoms with Crippen LogP contribution in [0.1, 0.15) is 20.9 Å². The number of nitrogens with one attached hydrogen (secondary N) is 2. The van der Waals surface area contributed by atoms with Crippen LogP contribution < -0.4 is 10.6 Å². The number of carbonyl (C=O) groups is 2. The normalized spacial score (nSPS) is 11.0. The first-order chi connectivity index (χ1) is 12.8. The monoisotopic (exact) mass is 384 g/mol. The van der Waals surface area contributed by atoms with Crippen LogP contribution in [0.25, 0.3) is 0 Å². The number of amides is 2. The molecular weight excluding hydrogens is 368 g/mol. The van der Waals surface area contributed by atoms with Gasteiger partial charge in [0.1, 0.15) is 0 Å². The average molecular weight is 384 g/mol. The molecule has 1 heterocycles. The quantitative estimate of drug-likeness (QED) is 0.703. The third kappa shape index (κ3) is 4.42. The van der Waals surface area contributed by atoms with Crippen LogP contribution in [0, 0.1) is 0 Å². The van der Waals surface area contributed by atoms with E-state index in [-0.39, 0.29) is 22.1 Å². The van der Waals surface area contributed by atoms with E-state index in [2.05, 4.69) is 10.6 Å². The minimum atomic E-state index is -3.53. The van der Waals surface area contributed by atoms with E-state index in [0.717, 1.165) is 6.26 Å². The maximum Gasteiger partial charge on any atom is 0.291 e. The maximum absolute atomic E-state index is 12.4. The van der Waals surface area contributed by atoms with Crippen molar-refractivity contribution in [2.24, 2.45) is 0 Å². The first-order valence-electron chi connectivity index (χ1n) is 7.90. The highest BCUT2D eigenvalue weighted by Crippen LogP contribution is 2.19. The third-order valence-electron chi connectivity index (χ3n) is 3.68. The predicted molar refractivity (Wildman–Crippen MR) is 101 cm³/mol. The SMILES string of the molecule is CS(=O)(=O)c1ccccc1C(=O)Nc1ccc(NC(=O)c2ccco2)cc1. The largest absolute Gasteiger partial charge is 0.459 e. The zero-order valence-corrected chi connectivity index (χ0v) is 15.1. The van der Waals surface area contributed by atoms with Crippen LogP contribution in [0.5, 0.6) is 0 Å². The van der Waals surface area contributed by atoms with Crippen molar-refractivity contribution in [2.75, 3.05) is 16.9 Å². The molecule has 0 aliphatic carbocycles. The number of hydrogen-bond acceptors (Lipinski definition) is 5. The summed E-state index contributed by atoms with van der Waals surface area (Å²) < 4.78 is 28.7. The van der Waals surface area contributed by atoms with Crippen LogP contribution in [0.3, 0.4) is 0 Å². The minimum Gasteiger partial charge on any atom is -0.459 e. The van der Waals surface area contributed by atoms with Gasteiger partial charge in [-0.15, -0.1) is 0 Å². The smallest absolute Gasteiger partial charge is 0.291 e. The van der Waals surface area contributed by atoms with Crippen molar-refractivity contribution in [3.05, 3.63) is 78.3 Å². The van der Waals surface area contributed by atoms with Gasteiger partial charge in [-0.25, -0.2) is 8.42 Å². The van der Waals surface area contributed by atoms with Gasteiger partial charge >= 0.3 is 0 Å². The summed E-state index contributed by atoms with van der Waals surface area (Å²) in [4.78, 5) is 24.3. The zero-order chi connectivity index (χ0) is 19.4. The van der Waals surface area contributed by atoms with Crippen LogP contribution in [0.2, 0.25) is 0 Å². The average Bonchev–Trinajstić information content (AvgIpc) is 3.17. The highest BCUT2D eigenvalue weighted by Gasteiger charge is 2.18. The van der Waals surface area contributed by atoms with Gasteiger partial charge in [0.2, 0.25) is 0 Å². The van der Waals surface area contributed by atoms with E-state index in [0.29, 0.717) is 11.4 Å². The van der Waals surface area contributed by atoms with E-state index in [1.165, 1.54) is 18.4 Å². The number of anilines is 2. The van der Waals surface area contributed by atoms with Crippen molar-refractivity contribution in [1.29, 1.82) is 0 Å². The van der Waals surface area contributed by atoms with Crippen molar-refractivity contribution in [1.82, 2.24) is 0 Å². The molecule has 0 fully saturated rings. The van der Waals surface area contributed by atoms with E-state index in [9.17, 15) is 18.0 Å². The molecule has 0 aliphatic rings. The number of furan rings is 1. The standard InChI is InChI=1S/C19H16N2O5S/c1-27(24,25)17-7-3-2-5-15(17)18(22)20-13-8-10-14(11-9-13)21-19(23)16-6-4-12-26-16/h2-12H,1H3,(H,20,22)(H,21,23). The lowest BCUT2D eigenvalue weighted by molar-refractivity contribution is 0.0994. The van der Waals surface area contributed by atoms with Crippen LogP contribution in [-0.4, -0.2) is 26.5 Å².